The van der Waals surface area contributed by atoms with Gasteiger partial charge in [-0.1, -0.05) is 34.6 Å². The van der Waals surface area contributed by atoms with Gasteiger partial charge in [0.2, 0.25) is 0 Å². The normalized spacial score (nSPS) is 16.0. The van der Waals surface area contributed by atoms with E-state index in [0.29, 0.717) is 24.5 Å². The Bertz CT molecular complexity index is 199. The van der Waals surface area contributed by atoms with Crippen LogP contribution in [0.2, 0.25) is 0 Å². The third-order valence-corrected chi connectivity index (χ3v) is 2.81. The van der Waals surface area contributed by atoms with Crippen molar-refractivity contribution in [2.45, 2.75) is 66.6 Å². The van der Waals surface area contributed by atoms with Crippen molar-refractivity contribution >= 4 is 0 Å². The topological polar surface area (TPSA) is 41.5 Å². The van der Waals surface area contributed by atoms with E-state index in [1.165, 1.54) is 0 Å². The van der Waals surface area contributed by atoms with E-state index in [4.69, 9.17) is 4.74 Å². The fourth-order valence-electron chi connectivity index (χ4n) is 1.80. The average Bonchev–Trinajstić information content (AvgIpc) is 2.19. The predicted molar refractivity (Wildman–Crippen MR) is 77.8 cm³/mol. The first-order chi connectivity index (χ1) is 8.20. The monoisotopic (exact) mass is 259 g/mol. The average molecular weight is 259 g/mol. The highest BCUT2D eigenvalue weighted by Gasteiger charge is 2.11. The van der Waals surface area contributed by atoms with Crippen LogP contribution in [-0.4, -0.2) is 37.0 Å². The van der Waals surface area contributed by atoms with Crippen molar-refractivity contribution < 1.29 is 9.84 Å². The molecule has 3 heteroatoms. The number of hydrogen-bond donors (Lipinski definition) is 2. The summed E-state index contributed by atoms with van der Waals surface area (Å²) in [5.74, 6) is 0.641. The summed E-state index contributed by atoms with van der Waals surface area (Å²) in [6.45, 7) is 15.1. The first kappa shape index (κ1) is 17.9. The standard InChI is InChI=1S/C15H33NO2/c1-12(2)9-13(3)18-11-14(17)10-16-8-7-15(4,5)6/h12-14,16-17H,7-11H2,1-6H3. The minimum atomic E-state index is -0.403. The molecule has 0 rings (SSSR count). The number of aliphatic hydroxyl groups is 1. The van der Waals surface area contributed by atoms with Gasteiger partial charge in [0, 0.05) is 6.54 Å². The molecule has 0 fully saturated rings. The molecule has 0 radical (unpaired) electrons. The lowest BCUT2D eigenvalue weighted by Crippen LogP contribution is -2.33. The van der Waals surface area contributed by atoms with Gasteiger partial charge >= 0.3 is 0 Å². The molecule has 0 aliphatic heterocycles. The molecule has 0 aromatic rings. The minimum absolute atomic E-state index is 0.231. The Labute approximate surface area is 113 Å². The van der Waals surface area contributed by atoms with E-state index in [-0.39, 0.29) is 6.10 Å². The predicted octanol–water partition coefficient (Wildman–Crippen LogP) is 2.82. The zero-order chi connectivity index (χ0) is 14.2. The van der Waals surface area contributed by atoms with Gasteiger partial charge in [-0.05, 0) is 37.6 Å². The number of aliphatic hydroxyl groups excluding tert-OH is 1. The van der Waals surface area contributed by atoms with E-state index < -0.39 is 6.10 Å². The molecule has 0 spiro atoms. The lowest BCUT2D eigenvalue weighted by Gasteiger charge is -2.20. The second-order valence-electron chi connectivity index (χ2n) is 6.94. The summed E-state index contributed by atoms with van der Waals surface area (Å²) in [6.07, 6.45) is 1.99. The highest BCUT2D eigenvalue weighted by atomic mass is 16.5. The van der Waals surface area contributed by atoms with Gasteiger partial charge in [0.25, 0.3) is 0 Å². The second-order valence-corrected chi connectivity index (χ2v) is 6.94. The smallest absolute Gasteiger partial charge is 0.0897 e. The van der Waals surface area contributed by atoms with Crippen molar-refractivity contribution in [3.8, 4) is 0 Å². The van der Waals surface area contributed by atoms with E-state index in [1.807, 2.05) is 0 Å². The summed E-state index contributed by atoms with van der Waals surface area (Å²) in [6, 6.07) is 0. The van der Waals surface area contributed by atoms with Crippen molar-refractivity contribution in [3.05, 3.63) is 0 Å². The van der Waals surface area contributed by atoms with Crippen molar-refractivity contribution in [1.82, 2.24) is 5.32 Å². The summed E-state index contributed by atoms with van der Waals surface area (Å²) in [5, 5.41) is 13.1. The Morgan fingerprint density at radius 1 is 1.17 bits per heavy atom. The Balaban J connectivity index is 3.51. The third kappa shape index (κ3) is 12.3. The molecule has 0 aliphatic rings. The number of hydrogen-bond acceptors (Lipinski definition) is 3. The Kier molecular flexibility index (Phi) is 8.83. The van der Waals surface area contributed by atoms with Crippen LogP contribution in [0.25, 0.3) is 0 Å². The van der Waals surface area contributed by atoms with Gasteiger partial charge in [0.15, 0.2) is 0 Å². The summed E-state index contributed by atoms with van der Waals surface area (Å²) < 4.78 is 5.62. The largest absolute Gasteiger partial charge is 0.389 e. The maximum Gasteiger partial charge on any atom is 0.0897 e. The van der Waals surface area contributed by atoms with Crippen molar-refractivity contribution in [2.75, 3.05) is 19.7 Å². The molecule has 0 aromatic carbocycles. The third-order valence-electron chi connectivity index (χ3n) is 2.81. The summed E-state index contributed by atoms with van der Waals surface area (Å²) in [4.78, 5) is 0. The molecule has 0 bridgehead atoms. The van der Waals surface area contributed by atoms with Gasteiger partial charge in [-0.2, -0.15) is 0 Å². The molecule has 0 saturated carbocycles. The van der Waals surface area contributed by atoms with Gasteiger partial charge in [-0.25, -0.2) is 0 Å². The first-order valence-corrected chi connectivity index (χ1v) is 7.21. The van der Waals surface area contributed by atoms with Crippen LogP contribution in [0.15, 0.2) is 0 Å². The van der Waals surface area contributed by atoms with E-state index >= 15 is 0 Å². The van der Waals surface area contributed by atoms with Crippen LogP contribution in [0, 0.1) is 11.3 Å². The SMILES string of the molecule is CC(C)CC(C)OCC(O)CNCCC(C)(C)C. The summed E-state index contributed by atoms with van der Waals surface area (Å²) in [5.41, 5.74) is 0.347. The maximum atomic E-state index is 9.77. The molecule has 2 atom stereocenters. The van der Waals surface area contributed by atoms with Crippen molar-refractivity contribution in [3.63, 3.8) is 0 Å². The molecule has 2 unspecified atom stereocenters. The fraction of sp³-hybridized carbons (Fsp3) is 1.00. The summed E-state index contributed by atoms with van der Waals surface area (Å²) in [7, 11) is 0. The highest BCUT2D eigenvalue weighted by molar-refractivity contribution is 4.65. The van der Waals surface area contributed by atoms with Crippen LogP contribution in [0.5, 0.6) is 0 Å². The molecule has 3 nitrogen and oxygen atoms in total. The zero-order valence-corrected chi connectivity index (χ0v) is 13.1. The van der Waals surface area contributed by atoms with E-state index in [9.17, 15) is 5.11 Å². The molecule has 0 aliphatic carbocycles. The van der Waals surface area contributed by atoms with Crippen molar-refractivity contribution in [1.29, 1.82) is 0 Å². The molecular weight excluding hydrogens is 226 g/mol. The van der Waals surface area contributed by atoms with E-state index in [2.05, 4.69) is 46.9 Å². The van der Waals surface area contributed by atoms with E-state index in [1.54, 1.807) is 0 Å². The van der Waals surface area contributed by atoms with Crippen LogP contribution < -0.4 is 5.32 Å². The van der Waals surface area contributed by atoms with Gasteiger partial charge in [-0.15, -0.1) is 0 Å². The minimum Gasteiger partial charge on any atom is -0.389 e. The quantitative estimate of drug-likeness (QED) is 0.626. The Morgan fingerprint density at radius 2 is 1.78 bits per heavy atom. The van der Waals surface area contributed by atoms with Gasteiger partial charge < -0.3 is 15.2 Å². The summed E-state index contributed by atoms with van der Waals surface area (Å²) >= 11 is 0. The first-order valence-electron chi connectivity index (χ1n) is 7.21. The fourth-order valence-corrected chi connectivity index (χ4v) is 1.80. The Morgan fingerprint density at radius 3 is 2.28 bits per heavy atom. The van der Waals surface area contributed by atoms with E-state index in [0.717, 1.165) is 19.4 Å². The number of rotatable bonds is 9. The zero-order valence-electron chi connectivity index (χ0n) is 13.1. The van der Waals surface area contributed by atoms with Crippen LogP contribution in [0.3, 0.4) is 0 Å². The molecule has 110 valence electrons. The maximum absolute atomic E-state index is 9.77. The van der Waals surface area contributed by atoms with Crippen LogP contribution >= 0.6 is 0 Å². The van der Waals surface area contributed by atoms with Crippen molar-refractivity contribution in [2.24, 2.45) is 11.3 Å². The lowest BCUT2D eigenvalue weighted by molar-refractivity contribution is -0.00856. The molecule has 0 aromatic heterocycles. The molecule has 0 heterocycles. The molecule has 0 saturated heterocycles. The number of ether oxygens (including phenoxy) is 1. The molecular formula is C15H33NO2. The number of nitrogens with one attached hydrogen (secondary N) is 1. The van der Waals surface area contributed by atoms with Gasteiger partial charge in [-0.3, -0.25) is 0 Å². The molecule has 0 amide bonds. The van der Waals surface area contributed by atoms with Crippen LogP contribution in [0.4, 0.5) is 0 Å². The van der Waals surface area contributed by atoms with Crippen LogP contribution in [-0.2, 0) is 4.74 Å². The second kappa shape index (κ2) is 8.89. The Hall–Kier alpha value is -0.120. The molecule has 2 N–H and O–H groups in total. The van der Waals surface area contributed by atoms with Gasteiger partial charge in [0.1, 0.15) is 0 Å². The lowest BCUT2D eigenvalue weighted by atomic mass is 9.92. The van der Waals surface area contributed by atoms with Gasteiger partial charge in [0.05, 0.1) is 18.8 Å². The van der Waals surface area contributed by atoms with Crippen LogP contribution in [0.1, 0.15) is 54.4 Å². The highest BCUT2D eigenvalue weighted by Crippen LogP contribution is 2.16. The molecule has 18 heavy (non-hydrogen) atoms.